The summed E-state index contributed by atoms with van der Waals surface area (Å²) in [5.41, 5.74) is 0. The van der Waals surface area contributed by atoms with E-state index in [-0.39, 0.29) is 5.91 Å². The first-order valence-corrected chi connectivity index (χ1v) is 2.93. The molecule has 0 saturated heterocycles. The van der Waals surface area contributed by atoms with Gasteiger partial charge in [-0.25, -0.2) is 4.79 Å². The van der Waals surface area contributed by atoms with E-state index in [2.05, 4.69) is 10.1 Å². The number of esters is 1. The van der Waals surface area contributed by atoms with Gasteiger partial charge in [0.1, 0.15) is 6.04 Å². The molecule has 0 unspecified atom stereocenters. The van der Waals surface area contributed by atoms with Gasteiger partial charge in [0.2, 0.25) is 5.91 Å². The molecular weight excluding hydrogens is 134 g/mol. The summed E-state index contributed by atoms with van der Waals surface area (Å²) in [5, 5.41) is 2.38. The highest BCUT2D eigenvalue weighted by molar-refractivity contribution is 5.82. The summed E-state index contributed by atoms with van der Waals surface area (Å²) in [6.07, 6.45) is 0. The van der Waals surface area contributed by atoms with Gasteiger partial charge in [-0.2, -0.15) is 0 Å². The van der Waals surface area contributed by atoms with Gasteiger partial charge in [0.15, 0.2) is 0 Å². The lowest BCUT2D eigenvalue weighted by Gasteiger charge is -2.08. The highest BCUT2D eigenvalue weighted by atomic mass is 16.5. The predicted octanol–water partition coefficient (Wildman–Crippen LogP) is -0.316. The van der Waals surface area contributed by atoms with Crippen molar-refractivity contribution in [1.29, 1.82) is 0 Å². The van der Waals surface area contributed by atoms with Crippen molar-refractivity contribution in [3.05, 3.63) is 0 Å². The molecule has 0 saturated carbocycles. The van der Waals surface area contributed by atoms with E-state index in [0.29, 0.717) is 0 Å². The van der Waals surface area contributed by atoms with Gasteiger partial charge < -0.3 is 10.1 Å². The number of carbonyl (C=O) groups is 2. The van der Waals surface area contributed by atoms with Crippen LogP contribution in [0.2, 0.25) is 0 Å². The number of methoxy groups -OCH3 is 1. The van der Waals surface area contributed by atoms with E-state index in [9.17, 15) is 9.59 Å². The van der Waals surface area contributed by atoms with Gasteiger partial charge in [-0.1, -0.05) is 0 Å². The van der Waals surface area contributed by atoms with Crippen LogP contribution >= 0.6 is 0 Å². The lowest BCUT2D eigenvalue weighted by Crippen LogP contribution is -2.37. The third-order valence-electron chi connectivity index (χ3n) is 0.975. The van der Waals surface area contributed by atoms with Crippen molar-refractivity contribution in [2.45, 2.75) is 19.9 Å². The molecule has 0 rings (SSSR count). The van der Waals surface area contributed by atoms with Crippen LogP contribution in [-0.2, 0) is 14.3 Å². The first-order chi connectivity index (χ1) is 4.57. The van der Waals surface area contributed by atoms with Gasteiger partial charge in [0.05, 0.1) is 7.11 Å². The second-order valence-corrected chi connectivity index (χ2v) is 1.95. The molecule has 1 atom stereocenters. The fourth-order valence-electron chi connectivity index (χ4n) is 0.541. The van der Waals surface area contributed by atoms with Crippen LogP contribution in [0.4, 0.5) is 0 Å². The molecule has 1 N–H and O–H groups in total. The Bertz CT molecular complexity index is 144. The normalized spacial score (nSPS) is 11.9. The summed E-state index contributed by atoms with van der Waals surface area (Å²) in [5.74, 6) is -0.673. The molecule has 0 aliphatic carbocycles. The van der Waals surface area contributed by atoms with E-state index in [1.165, 1.54) is 14.0 Å². The van der Waals surface area contributed by atoms with E-state index in [4.69, 9.17) is 0 Å². The molecule has 0 fully saturated rings. The highest BCUT2D eigenvalue weighted by Crippen LogP contribution is 1.84. The lowest BCUT2D eigenvalue weighted by atomic mass is 10.3. The van der Waals surface area contributed by atoms with E-state index < -0.39 is 12.0 Å². The summed E-state index contributed by atoms with van der Waals surface area (Å²) in [6.45, 7) is 2.91. The van der Waals surface area contributed by atoms with Crippen molar-refractivity contribution in [3.8, 4) is 0 Å². The minimum Gasteiger partial charge on any atom is -0.467 e. The molecule has 0 aliphatic heterocycles. The molecule has 0 aromatic heterocycles. The summed E-state index contributed by atoms with van der Waals surface area (Å²) < 4.78 is 4.36. The molecule has 0 aromatic rings. The molecule has 0 heterocycles. The molecule has 0 aliphatic rings. The molecule has 4 nitrogen and oxygen atoms in total. The van der Waals surface area contributed by atoms with Gasteiger partial charge in [0.25, 0.3) is 0 Å². The molecule has 0 spiro atoms. The van der Waals surface area contributed by atoms with Crippen molar-refractivity contribution in [1.82, 2.24) is 5.32 Å². The van der Waals surface area contributed by atoms with Crippen molar-refractivity contribution in [3.63, 3.8) is 0 Å². The number of hydrogen-bond acceptors (Lipinski definition) is 3. The zero-order valence-electron chi connectivity index (χ0n) is 6.30. The van der Waals surface area contributed by atoms with Crippen LogP contribution in [0.3, 0.4) is 0 Å². The smallest absolute Gasteiger partial charge is 0.328 e. The minimum atomic E-state index is -0.553. The van der Waals surface area contributed by atoms with Crippen LogP contribution in [0.15, 0.2) is 0 Å². The van der Waals surface area contributed by atoms with E-state index in [1.54, 1.807) is 6.92 Å². The SMILES string of the molecule is COC(=O)[C@H](C)NC(C)=O. The number of ether oxygens (including phenoxy) is 1. The van der Waals surface area contributed by atoms with Gasteiger partial charge in [-0.05, 0) is 6.92 Å². The molecule has 58 valence electrons. The molecule has 10 heavy (non-hydrogen) atoms. The van der Waals surface area contributed by atoms with Crippen molar-refractivity contribution < 1.29 is 14.3 Å². The van der Waals surface area contributed by atoms with Gasteiger partial charge in [0, 0.05) is 6.92 Å². The fraction of sp³-hybridized carbons (Fsp3) is 0.667. The molecule has 0 aromatic carbocycles. The number of rotatable bonds is 2. The number of hydrogen-bond donors (Lipinski definition) is 1. The average Bonchev–Trinajstić information content (AvgIpc) is 1.85. The molecule has 0 radical (unpaired) electrons. The first-order valence-electron chi connectivity index (χ1n) is 2.93. The maximum Gasteiger partial charge on any atom is 0.328 e. The van der Waals surface area contributed by atoms with Gasteiger partial charge in [-0.15, -0.1) is 0 Å². The zero-order chi connectivity index (χ0) is 8.15. The maximum absolute atomic E-state index is 10.6. The third kappa shape index (κ3) is 3.06. The van der Waals surface area contributed by atoms with Gasteiger partial charge >= 0.3 is 5.97 Å². The molecule has 0 bridgehead atoms. The monoisotopic (exact) mass is 145 g/mol. The number of amides is 1. The third-order valence-corrected chi connectivity index (χ3v) is 0.975. The standard InChI is InChI=1S/C6H11NO3/c1-4(6(9)10-3)7-5(2)8/h4H,1-3H3,(H,7,8)/t4-/m0/s1. The Hall–Kier alpha value is -1.06. The quantitative estimate of drug-likeness (QED) is 0.542. The van der Waals surface area contributed by atoms with Crippen molar-refractivity contribution in [2.24, 2.45) is 0 Å². The van der Waals surface area contributed by atoms with Crippen LogP contribution in [-0.4, -0.2) is 25.0 Å². The van der Waals surface area contributed by atoms with Crippen LogP contribution in [0.25, 0.3) is 0 Å². The van der Waals surface area contributed by atoms with Crippen LogP contribution < -0.4 is 5.32 Å². The summed E-state index contributed by atoms with van der Waals surface area (Å²) in [4.78, 5) is 21.0. The Kier molecular flexibility index (Phi) is 3.46. The number of carbonyl (C=O) groups excluding carboxylic acids is 2. The second kappa shape index (κ2) is 3.87. The Morgan fingerprint density at radius 1 is 1.50 bits per heavy atom. The van der Waals surface area contributed by atoms with Gasteiger partial charge in [-0.3, -0.25) is 4.79 Å². The molecular formula is C6H11NO3. The topological polar surface area (TPSA) is 55.4 Å². The molecule has 4 heteroatoms. The minimum absolute atomic E-state index is 0.238. The van der Waals surface area contributed by atoms with E-state index >= 15 is 0 Å². The van der Waals surface area contributed by atoms with Crippen molar-refractivity contribution in [2.75, 3.05) is 7.11 Å². The Morgan fingerprint density at radius 3 is 2.30 bits per heavy atom. The second-order valence-electron chi connectivity index (χ2n) is 1.95. The van der Waals surface area contributed by atoms with Crippen molar-refractivity contribution >= 4 is 11.9 Å². The highest BCUT2D eigenvalue weighted by Gasteiger charge is 2.12. The van der Waals surface area contributed by atoms with E-state index in [0.717, 1.165) is 0 Å². The summed E-state index contributed by atoms with van der Waals surface area (Å²) >= 11 is 0. The Balaban J connectivity index is 3.72. The molecule has 1 amide bonds. The first kappa shape index (κ1) is 8.94. The lowest BCUT2D eigenvalue weighted by molar-refractivity contribution is -0.144. The summed E-state index contributed by atoms with van der Waals surface area (Å²) in [7, 11) is 1.28. The average molecular weight is 145 g/mol. The maximum atomic E-state index is 10.6. The largest absolute Gasteiger partial charge is 0.467 e. The van der Waals surface area contributed by atoms with E-state index in [1.807, 2.05) is 0 Å². The summed E-state index contributed by atoms with van der Waals surface area (Å²) in [6, 6.07) is -0.553. The van der Waals surface area contributed by atoms with Crippen LogP contribution in [0, 0.1) is 0 Å². The van der Waals surface area contributed by atoms with Crippen LogP contribution in [0.5, 0.6) is 0 Å². The number of nitrogens with one attached hydrogen (secondary N) is 1. The zero-order valence-corrected chi connectivity index (χ0v) is 6.30. The van der Waals surface area contributed by atoms with Crippen LogP contribution in [0.1, 0.15) is 13.8 Å². The predicted molar refractivity (Wildman–Crippen MR) is 35.3 cm³/mol. The fourth-order valence-corrected chi connectivity index (χ4v) is 0.541. The Labute approximate surface area is 59.6 Å². The Morgan fingerprint density at radius 2 is 2.00 bits per heavy atom.